The van der Waals surface area contributed by atoms with Gasteiger partial charge in [0, 0.05) is 0 Å². The lowest BCUT2D eigenvalue weighted by Crippen LogP contribution is -2.11. The number of halogens is 1. The van der Waals surface area contributed by atoms with Crippen LogP contribution in [-0.4, -0.2) is 9.97 Å². The van der Waals surface area contributed by atoms with Crippen molar-refractivity contribution in [2.45, 2.75) is 6.92 Å². The molecule has 0 saturated heterocycles. The first-order valence-electron chi connectivity index (χ1n) is 4.12. The van der Waals surface area contributed by atoms with Crippen molar-refractivity contribution in [3.63, 3.8) is 0 Å². The van der Waals surface area contributed by atoms with E-state index in [0.29, 0.717) is 17.0 Å². The molecule has 1 aromatic carbocycles. The van der Waals surface area contributed by atoms with Gasteiger partial charge in [0.2, 0.25) is 0 Å². The fraction of sp³-hybridized carbons (Fsp3) is 0.111. The molecule has 3 N–H and O–H groups in total. The summed E-state index contributed by atoms with van der Waals surface area (Å²) in [4.78, 5) is 8.18. The molecule has 0 fully saturated rings. The number of nitrogen functional groups attached to an aromatic ring is 1. The first-order chi connectivity index (χ1) is 6.72. The van der Waals surface area contributed by atoms with Gasteiger partial charge in [0.05, 0.1) is 11.2 Å². The Labute approximate surface area is 79.9 Å². The Morgan fingerprint density at radius 2 is 2.14 bits per heavy atom. The molecule has 0 spiro atoms. The normalized spacial score (nSPS) is 10.5. The van der Waals surface area contributed by atoms with Crippen molar-refractivity contribution in [1.82, 2.24) is 9.97 Å². The van der Waals surface area contributed by atoms with Crippen LogP contribution in [-0.2, 0) is 0 Å². The van der Waals surface area contributed by atoms with Crippen LogP contribution in [0.3, 0.4) is 0 Å². The molecule has 0 aliphatic rings. The van der Waals surface area contributed by atoms with Gasteiger partial charge in [0.15, 0.2) is 11.6 Å². The first-order valence-corrected chi connectivity index (χ1v) is 4.12. The zero-order valence-electron chi connectivity index (χ0n) is 7.58. The maximum absolute atomic E-state index is 13.3. The monoisotopic (exact) mass is 192 g/mol. The van der Waals surface area contributed by atoms with E-state index in [2.05, 4.69) is 15.4 Å². The van der Waals surface area contributed by atoms with Crippen molar-refractivity contribution in [2.24, 2.45) is 5.84 Å². The molecule has 0 radical (unpaired) electrons. The molecule has 2 aromatic rings. The second kappa shape index (κ2) is 3.19. The largest absolute Gasteiger partial charge is 0.307 e. The van der Waals surface area contributed by atoms with E-state index in [1.54, 1.807) is 19.1 Å². The van der Waals surface area contributed by atoms with Gasteiger partial charge in [0.25, 0.3) is 0 Å². The van der Waals surface area contributed by atoms with Gasteiger partial charge >= 0.3 is 0 Å². The summed E-state index contributed by atoms with van der Waals surface area (Å²) >= 11 is 0. The molecule has 0 saturated carbocycles. The maximum atomic E-state index is 13.3. The molecule has 2 rings (SSSR count). The molecule has 72 valence electrons. The van der Waals surface area contributed by atoms with Crippen molar-refractivity contribution in [2.75, 3.05) is 5.43 Å². The zero-order valence-corrected chi connectivity index (χ0v) is 7.58. The van der Waals surface area contributed by atoms with Crippen molar-refractivity contribution >= 4 is 16.9 Å². The number of anilines is 1. The van der Waals surface area contributed by atoms with E-state index < -0.39 is 5.82 Å². The number of rotatable bonds is 1. The Balaban J connectivity index is 2.80. The summed E-state index contributed by atoms with van der Waals surface area (Å²) in [5, 5.41) is 0. The minimum atomic E-state index is -0.397. The van der Waals surface area contributed by atoms with Crippen molar-refractivity contribution in [3.8, 4) is 0 Å². The van der Waals surface area contributed by atoms with Gasteiger partial charge in [-0.15, -0.1) is 0 Å². The van der Waals surface area contributed by atoms with Crippen LogP contribution in [0.4, 0.5) is 10.2 Å². The number of para-hydroxylation sites is 1. The predicted molar refractivity (Wildman–Crippen MR) is 52.0 cm³/mol. The molecular weight excluding hydrogens is 183 g/mol. The standard InChI is InChI=1S/C9H9FN4/c1-5-9(14-11)13-8-6(10)3-2-4-7(8)12-5/h2-4H,11H2,1H3,(H,13,14). The smallest absolute Gasteiger partial charge is 0.162 e. The fourth-order valence-corrected chi connectivity index (χ4v) is 1.27. The van der Waals surface area contributed by atoms with Crippen LogP contribution in [0.2, 0.25) is 0 Å². The lowest BCUT2D eigenvalue weighted by Gasteiger charge is -2.05. The highest BCUT2D eigenvalue weighted by Crippen LogP contribution is 2.17. The average molecular weight is 192 g/mol. The van der Waals surface area contributed by atoms with E-state index in [0.717, 1.165) is 0 Å². The number of fused-ring (bicyclic) bond motifs is 1. The number of hydrogen-bond acceptors (Lipinski definition) is 4. The third-order valence-corrected chi connectivity index (χ3v) is 1.96. The van der Waals surface area contributed by atoms with Crippen LogP contribution in [0.15, 0.2) is 18.2 Å². The van der Waals surface area contributed by atoms with Crippen LogP contribution < -0.4 is 11.3 Å². The van der Waals surface area contributed by atoms with Gasteiger partial charge in [-0.25, -0.2) is 20.2 Å². The second-order valence-electron chi connectivity index (χ2n) is 2.91. The van der Waals surface area contributed by atoms with E-state index in [1.807, 2.05) is 0 Å². The topological polar surface area (TPSA) is 63.8 Å². The number of aryl methyl sites for hydroxylation is 1. The molecule has 0 atom stereocenters. The van der Waals surface area contributed by atoms with E-state index in [4.69, 9.17) is 5.84 Å². The minimum Gasteiger partial charge on any atom is -0.307 e. The quantitative estimate of drug-likeness (QED) is 0.529. The molecule has 4 nitrogen and oxygen atoms in total. The van der Waals surface area contributed by atoms with Gasteiger partial charge < -0.3 is 5.43 Å². The Kier molecular flexibility index (Phi) is 2.01. The molecule has 1 aromatic heterocycles. The van der Waals surface area contributed by atoms with E-state index in [1.165, 1.54) is 6.07 Å². The van der Waals surface area contributed by atoms with Crippen LogP contribution in [0.1, 0.15) is 5.69 Å². The summed E-state index contributed by atoms with van der Waals surface area (Å²) in [6.45, 7) is 1.76. The SMILES string of the molecule is Cc1nc2cccc(F)c2nc1NN. The third-order valence-electron chi connectivity index (χ3n) is 1.96. The van der Waals surface area contributed by atoms with Crippen molar-refractivity contribution in [3.05, 3.63) is 29.7 Å². The van der Waals surface area contributed by atoms with E-state index in [-0.39, 0.29) is 5.52 Å². The molecule has 0 amide bonds. The summed E-state index contributed by atoms with van der Waals surface area (Å²) < 4.78 is 13.3. The highest BCUT2D eigenvalue weighted by atomic mass is 19.1. The predicted octanol–water partition coefficient (Wildman–Crippen LogP) is 1.36. The lowest BCUT2D eigenvalue weighted by atomic mass is 10.3. The number of aromatic nitrogens is 2. The van der Waals surface area contributed by atoms with Gasteiger partial charge in [0.1, 0.15) is 5.52 Å². The Hall–Kier alpha value is -1.75. The van der Waals surface area contributed by atoms with Crippen molar-refractivity contribution < 1.29 is 4.39 Å². The molecule has 5 heteroatoms. The molecule has 1 heterocycles. The van der Waals surface area contributed by atoms with Crippen LogP contribution in [0.5, 0.6) is 0 Å². The minimum absolute atomic E-state index is 0.228. The number of nitrogens with two attached hydrogens (primary N) is 1. The second-order valence-corrected chi connectivity index (χ2v) is 2.91. The third kappa shape index (κ3) is 1.27. The first kappa shape index (κ1) is 8.83. The highest BCUT2D eigenvalue weighted by molar-refractivity contribution is 5.76. The average Bonchev–Trinajstić information content (AvgIpc) is 2.17. The van der Waals surface area contributed by atoms with Gasteiger partial charge in [-0.2, -0.15) is 0 Å². The number of hydrogen-bond donors (Lipinski definition) is 2. The Morgan fingerprint density at radius 1 is 1.36 bits per heavy atom. The summed E-state index contributed by atoms with van der Waals surface area (Å²) in [5.41, 5.74) is 3.78. The Morgan fingerprint density at radius 3 is 2.86 bits per heavy atom. The molecule has 0 aliphatic heterocycles. The van der Waals surface area contributed by atoms with Crippen LogP contribution in [0.25, 0.3) is 11.0 Å². The van der Waals surface area contributed by atoms with Gasteiger partial charge in [-0.3, -0.25) is 0 Å². The van der Waals surface area contributed by atoms with Gasteiger partial charge in [-0.05, 0) is 19.1 Å². The summed E-state index contributed by atoms with van der Waals surface area (Å²) in [6, 6.07) is 4.65. The summed E-state index contributed by atoms with van der Waals surface area (Å²) in [6.07, 6.45) is 0. The molecule has 0 aliphatic carbocycles. The fourth-order valence-electron chi connectivity index (χ4n) is 1.27. The van der Waals surface area contributed by atoms with Crippen LogP contribution >= 0.6 is 0 Å². The molecule has 0 unspecified atom stereocenters. The highest BCUT2D eigenvalue weighted by Gasteiger charge is 2.06. The van der Waals surface area contributed by atoms with Gasteiger partial charge in [-0.1, -0.05) is 6.07 Å². The maximum Gasteiger partial charge on any atom is 0.162 e. The van der Waals surface area contributed by atoms with Crippen molar-refractivity contribution in [1.29, 1.82) is 0 Å². The molecular formula is C9H9FN4. The summed E-state index contributed by atoms with van der Waals surface area (Å²) in [7, 11) is 0. The summed E-state index contributed by atoms with van der Waals surface area (Å²) in [5.74, 6) is 5.21. The lowest BCUT2D eigenvalue weighted by molar-refractivity contribution is 0.636. The molecule has 0 bridgehead atoms. The molecule has 14 heavy (non-hydrogen) atoms. The van der Waals surface area contributed by atoms with Crippen LogP contribution in [0, 0.1) is 12.7 Å². The zero-order chi connectivity index (χ0) is 10.1. The Bertz CT molecular complexity index is 483. The number of benzene rings is 1. The number of nitrogens with zero attached hydrogens (tertiary/aromatic N) is 2. The number of hydrazine groups is 1. The van der Waals surface area contributed by atoms with E-state index in [9.17, 15) is 4.39 Å². The van der Waals surface area contributed by atoms with E-state index >= 15 is 0 Å². The number of nitrogens with one attached hydrogen (secondary N) is 1.